The van der Waals surface area contributed by atoms with Crippen LogP contribution in [0.1, 0.15) is 79.5 Å². The Kier molecular flexibility index (Phi) is 5.96. The summed E-state index contributed by atoms with van der Waals surface area (Å²) in [5.74, 6) is -3.94. The number of aliphatic hydroxyl groups excluding tert-OH is 2. The van der Waals surface area contributed by atoms with Gasteiger partial charge in [-0.1, -0.05) is 24.9 Å². The van der Waals surface area contributed by atoms with Gasteiger partial charge in [0.05, 0.1) is 17.7 Å². The van der Waals surface area contributed by atoms with Crippen molar-refractivity contribution < 1.29 is 38.9 Å². The van der Waals surface area contributed by atoms with Crippen LogP contribution in [-0.4, -0.2) is 50.5 Å². The van der Waals surface area contributed by atoms with E-state index >= 15 is 0 Å². The number of benzene rings is 2. The van der Waals surface area contributed by atoms with E-state index in [0.29, 0.717) is 18.5 Å². The molecule has 0 unspecified atom stereocenters. The van der Waals surface area contributed by atoms with Crippen molar-refractivity contribution >= 4 is 50.7 Å². The van der Waals surface area contributed by atoms with Crippen molar-refractivity contribution in [1.29, 1.82) is 0 Å². The van der Waals surface area contributed by atoms with Crippen LogP contribution in [0.25, 0.3) is 21.7 Å². The first kappa shape index (κ1) is 26.9. The second-order valence-electron chi connectivity index (χ2n) is 10.1. The predicted octanol–water partition coefficient (Wildman–Crippen LogP) is 2.72. The molecule has 2 aromatic carbocycles. The number of aromatic hydroxyl groups is 1. The molecule has 0 aliphatic heterocycles. The van der Waals surface area contributed by atoms with Gasteiger partial charge >= 0.3 is 0 Å². The molecule has 210 valence electrons. The van der Waals surface area contributed by atoms with Gasteiger partial charge < -0.3 is 29.0 Å². The predicted molar refractivity (Wildman–Crippen MR) is 146 cm³/mol. The van der Waals surface area contributed by atoms with Crippen molar-refractivity contribution in [2.75, 3.05) is 7.11 Å². The number of methoxy groups -OCH3 is 1. The molecule has 4 aromatic rings. The smallest absolute Gasteiger partial charge is 0.262 e. The van der Waals surface area contributed by atoms with E-state index in [1.54, 1.807) is 0 Å². The number of carbonyl (C=O) groups excluding carboxylic acids is 3. The largest absolute Gasteiger partial charge is 0.506 e. The number of aromatic nitrogens is 1. The maximum Gasteiger partial charge on any atom is 0.262 e. The second kappa shape index (κ2) is 9.10. The molecule has 2 aromatic heterocycles. The topological polar surface area (TPSA) is 173 Å². The minimum Gasteiger partial charge on any atom is -0.506 e. The number of hydrogen-bond donors (Lipinski definition) is 3. The Bertz CT molecular complexity index is 2040. The van der Waals surface area contributed by atoms with E-state index in [1.165, 1.54) is 30.9 Å². The third kappa shape index (κ3) is 3.36. The summed E-state index contributed by atoms with van der Waals surface area (Å²) >= 11 is 6.58. The van der Waals surface area contributed by atoms with E-state index in [1.807, 2.05) is 6.92 Å². The van der Waals surface area contributed by atoms with Gasteiger partial charge in [0.2, 0.25) is 11.2 Å². The second-order valence-corrected chi connectivity index (χ2v) is 10.5. The molecule has 0 saturated heterocycles. The molecule has 41 heavy (non-hydrogen) atoms. The normalized spacial score (nSPS) is 18.0. The third-order valence-corrected chi connectivity index (χ3v) is 8.24. The summed E-state index contributed by atoms with van der Waals surface area (Å²) in [5, 5.41) is 31.2. The maximum absolute atomic E-state index is 14.0. The Morgan fingerprint density at radius 3 is 2.37 bits per heavy atom. The first-order valence-corrected chi connectivity index (χ1v) is 13.1. The molecule has 0 radical (unpaired) electrons. The first-order valence-electron chi connectivity index (χ1n) is 12.7. The summed E-state index contributed by atoms with van der Waals surface area (Å²) in [6, 6.07) is 2.71. The fourth-order valence-electron chi connectivity index (χ4n) is 5.90. The number of rotatable bonds is 3. The number of pyridine rings is 1. The zero-order valence-electron chi connectivity index (χ0n) is 22.0. The highest BCUT2D eigenvalue weighted by atomic mass is 35.5. The number of carbonyl (C=O) groups is 3. The van der Waals surface area contributed by atoms with Crippen molar-refractivity contribution in [3.63, 3.8) is 0 Å². The Morgan fingerprint density at radius 2 is 1.71 bits per heavy atom. The number of Topliss-reactive ketones (excluding diaryl/α,β-unsaturated/α-hetero) is 1. The van der Waals surface area contributed by atoms with Crippen LogP contribution < -0.4 is 15.7 Å². The van der Waals surface area contributed by atoms with E-state index in [2.05, 4.69) is 0 Å². The number of fused-ring (bicyclic) bond motifs is 6. The molecule has 0 saturated carbocycles. The lowest BCUT2D eigenvalue weighted by Gasteiger charge is -2.25. The molecule has 2 aliphatic carbocycles. The monoisotopic (exact) mass is 579 g/mol. The van der Waals surface area contributed by atoms with Gasteiger partial charge in [0, 0.05) is 41.1 Å². The van der Waals surface area contributed by atoms with Gasteiger partial charge in [-0.05, 0) is 18.6 Å². The van der Waals surface area contributed by atoms with Crippen LogP contribution in [0, 0.1) is 0 Å². The zero-order valence-corrected chi connectivity index (χ0v) is 22.7. The van der Waals surface area contributed by atoms with Crippen LogP contribution in [0.5, 0.6) is 11.5 Å². The lowest BCUT2D eigenvalue weighted by molar-refractivity contribution is 0.0408. The highest BCUT2D eigenvalue weighted by Gasteiger charge is 2.41. The summed E-state index contributed by atoms with van der Waals surface area (Å²) in [6.45, 7) is 1.87. The Hall–Kier alpha value is -4.32. The van der Waals surface area contributed by atoms with Crippen molar-refractivity contribution in [2.45, 2.75) is 38.4 Å². The van der Waals surface area contributed by atoms with E-state index in [-0.39, 0.29) is 43.8 Å². The maximum atomic E-state index is 14.0. The fraction of sp³-hybridized carbons (Fsp3) is 0.276. The van der Waals surface area contributed by atoms with Gasteiger partial charge in [-0.2, -0.15) is 0 Å². The number of ketones is 3. The molecule has 0 spiro atoms. The van der Waals surface area contributed by atoms with Gasteiger partial charge in [0.1, 0.15) is 40.2 Å². The number of halogens is 1. The van der Waals surface area contributed by atoms with Crippen LogP contribution in [-0.2, 0) is 13.5 Å². The summed E-state index contributed by atoms with van der Waals surface area (Å²) in [6.07, 6.45) is -2.56. The molecule has 6 rings (SSSR count). The minimum absolute atomic E-state index is 0.0174. The average molecular weight is 580 g/mol. The average Bonchev–Trinajstić information content (AvgIpc) is 2.94. The highest BCUT2D eigenvalue weighted by molar-refractivity contribution is 6.41. The molecule has 0 amide bonds. The van der Waals surface area contributed by atoms with Crippen LogP contribution in [0.3, 0.4) is 0 Å². The van der Waals surface area contributed by atoms with Crippen molar-refractivity contribution in [3.8, 4) is 11.5 Å². The molecule has 11 nitrogen and oxygen atoms in total. The van der Waals surface area contributed by atoms with E-state index in [4.69, 9.17) is 20.8 Å². The van der Waals surface area contributed by atoms with Gasteiger partial charge in [-0.15, -0.1) is 0 Å². The highest BCUT2D eigenvalue weighted by Crippen LogP contribution is 2.47. The summed E-state index contributed by atoms with van der Waals surface area (Å²) in [5.41, 5.74) is -3.60. The fourth-order valence-corrected chi connectivity index (χ4v) is 6.30. The van der Waals surface area contributed by atoms with Gasteiger partial charge in [0.15, 0.2) is 22.9 Å². The molecule has 0 fully saturated rings. The zero-order chi connectivity index (χ0) is 29.7. The third-order valence-electron chi connectivity index (χ3n) is 7.83. The van der Waals surface area contributed by atoms with E-state index in [9.17, 15) is 39.3 Å². The van der Waals surface area contributed by atoms with Crippen LogP contribution >= 0.6 is 11.6 Å². The van der Waals surface area contributed by atoms with Gasteiger partial charge in [0.25, 0.3) is 5.56 Å². The van der Waals surface area contributed by atoms with E-state index < -0.39 is 75.0 Å². The Balaban J connectivity index is 1.77. The molecule has 12 heteroatoms. The number of aliphatic hydroxyl groups is 2. The molecular formula is C29H22ClNO10. The number of ether oxygens (including phenoxy) is 1. The molecule has 2 aliphatic rings. The minimum atomic E-state index is -1.68. The number of nitrogens with zero attached hydrogens (tertiary/aromatic N) is 1. The molecule has 2 heterocycles. The van der Waals surface area contributed by atoms with Gasteiger partial charge in [-0.25, -0.2) is 0 Å². The Morgan fingerprint density at radius 1 is 1.00 bits per heavy atom. The van der Waals surface area contributed by atoms with Gasteiger partial charge in [-0.3, -0.25) is 24.0 Å². The standard InChI is InChI=1S/C29H22ClNO10/c1-4-5-11-20(30)16-17(29(39)31(11)2)23(36)14-9(21(16)34)6-7-10-15(14)24(37)19-25(38)18-22(35)12(32)8-13(33)27(18)41-28(19)26(10)40-3/h6-7,12-13,32-33,37H,4-5,8H2,1-3H3/t12-,13-/m0/s1. The molecule has 0 bridgehead atoms. The van der Waals surface area contributed by atoms with Crippen molar-refractivity contribution in [1.82, 2.24) is 4.57 Å². The lowest BCUT2D eigenvalue weighted by atomic mass is 9.80. The number of phenols is 1. The van der Waals surface area contributed by atoms with Crippen LogP contribution in [0.2, 0.25) is 5.02 Å². The molecule has 2 atom stereocenters. The van der Waals surface area contributed by atoms with Crippen molar-refractivity contribution in [3.05, 3.63) is 77.0 Å². The van der Waals surface area contributed by atoms with Crippen LogP contribution in [0.4, 0.5) is 0 Å². The van der Waals surface area contributed by atoms with Crippen molar-refractivity contribution in [2.24, 2.45) is 7.05 Å². The summed E-state index contributed by atoms with van der Waals surface area (Å²) < 4.78 is 12.5. The summed E-state index contributed by atoms with van der Waals surface area (Å²) in [7, 11) is 2.68. The first-order chi connectivity index (χ1) is 19.5. The van der Waals surface area contributed by atoms with Crippen LogP contribution in [0.15, 0.2) is 26.1 Å². The van der Waals surface area contributed by atoms with E-state index in [0.717, 1.165) is 0 Å². The number of hydrogen-bond acceptors (Lipinski definition) is 10. The Labute approximate surface area is 235 Å². The SMILES string of the molecule is CCCc1c(Cl)c2c(c(=O)n1C)C(=O)c1c(ccc3c(OC)c4oc5c(c(=O)c4c(O)c13)C(=O)[C@@H](O)C[C@@H]5O)C2=O. The number of phenolic OH excluding ortho intramolecular Hbond substituents is 1. The lowest BCUT2D eigenvalue weighted by Crippen LogP contribution is -2.35. The molecule has 3 N–H and O–H groups in total. The quantitative estimate of drug-likeness (QED) is 0.270. The summed E-state index contributed by atoms with van der Waals surface area (Å²) in [4.78, 5) is 67.5. The molecular weight excluding hydrogens is 558 g/mol.